The molecule has 1 heterocycles. The standard InChI is InChI=1S/C16H27N3O5S/c1-18(2)10-9-17-25(20,21)14-11-24-19(3)15(14)12-7-6-8-13(22-4)16(12)23-5/h6-8,14-15,17H,9-11H2,1-5H3. The minimum Gasteiger partial charge on any atom is -0.493 e. The van der Waals surface area contributed by atoms with E-state index in [0.717, 1.165) is 0 Å². The normalized spacial score (nSPS) is 21.7. The molecule has 8 nitrogen and oxygen atoms in total. The van der Waals surface area contributed by atoms with Gasteiger partial charge in [-0.05, 0) is 20.2 Å². The molecule has 0 aromatic heterocycles. The molecule has 0 spiro atoms. The second-order valence-electron chi connectivity index (χ2n) is 6.15. The number of rotatable bonds is 8. The molecule has 1 aromatic carbocycles. The number of hydrogen-bond acceptors (Lipinski definition) is 7. The minimum absolute atomic E-state index is 0.0822. The molecule has 1 aliphatic heterocycles. The number of likely N-dealkylation sites (N-methyl/N-ethyl adjacent to an activating group) is 1. The summed E-state index contributed by atoms with van der Waals surface area (Å²) >= 11 is 0. The molecule has 1 saturated heterocycles. The summed E-state index contributed by atoms with van der Waals surface area (Å²) in [6.45, 7) is 1.05. The van der Waals surface area contributed by atoms with E-state index in [4.69, 9.17) is 14.3 Å². The zero-order valence-electron chi connectivity index (χ0n) is 15.4. The zero-order chi connectivity index (χ0) is 18.6. The summed E-state index contributed by atoms with van der Waals surface area (Å²) in [5.41, 5.74) is 0.713. The number of methoxy groups -OCH3 is 2. The summed E-state index contributed by atoms with van der Waals surface area (Å²) in [5, 5.41) is 0.813. The third kappa shape index (κ3) is 4.42. The predicted octanol–water partition coefficient (Wildman–Crippen LogP) is 0.472. The summed E-state index contributed by atoms with van der Waals surface area (Å²) in [7, 11) is 5.02. The maximum absolute atomic E-state index is 12.8. The summed E-state index contributed by atoms with van der Waals surface area (Å²) in [6.07, 6.45) is 0. The number of nitrogens with zero attached hydrogens (tertiary/aromatic N) is 2. The fraction of sp³-hybridized carbons (Fsp3) is 0.625. The van der Waals surface area contributed by atoms with E-state index in [2.05, 4.69) is 4.72 Å². The fourth-order valence-electron chi connectivity index (χ4n) is 2.92. The summed E-state index contributed by atoms with van der Waals surface area (Å²) in [4.78, 5) is 7.45. The van der Waals surface area contributed by atoms with E-state index in [1.165, 1.54) is 7.11 Å². The first kappa shape index (κ1) is 19.9. The van der Waals surface area contributed by atoms with Crippen molar-refractivity contribution in [1.82, 2.24) is 14.7 Å². The highest BCUT2D eigenvalue weighted by Gasteiger charge is 2.44. The Hall–Kier alpha value is -1.39. The van der Waals surface area contributed by atoms with Crippen LogP contribution in [0.1, 0.15) is 11.6 Å². The van der Waals surface area contributed by atoms with E-state index in [1.54, 1.807) is 25.3 Å². The molecule has 1 aromatic rings. The van der Waals surface area contributed by atoms with Gasteiger partial charge in [-0.3, -0.25) is 4.84 Å². The first-order valence-electron chi connectivity index (χ1n) is 8.01. The molecule has 1 fully saturated rings. The van der Waals surface area contributed by atoms with Crippen LogP contribution in [0.5, 0.6) is 11.5 Å². The monoisotopic (exact) mass is 373 g/mol. The van der Waals surface area contributed by atoms with Crippen molar-refractivity contribution in [3.05, 3.63) is 23.8 Å². The number of benzene rings is 1. The number of hydrogen-bond donors (Lipinski definition) is 1. The lowest BCUT2D eigenvalue weighted by atomic mass is 10.0. The van der Waals surface area contributed by atoms with E-state index in [1.807, 2.05) is 31.1 Å². The van der Waals surface area contributed by atoms with Crippen LogP contribution in [0.4, 0.5) is 0 Å². The lowest BCUT2D eigenvalue weighted by molar-refractivity contribution is -0.110. The Morgan fingerprint density at radius 2 is 2.04 bits per heavy atom. The van der Waals surface area contributed by atoms with Crippen molar-refractivity contribution in [2.75, 3.05) is 55.1 Å². The van der Waals surface area contributed by atoms with Gasteiger partial charge in [0.2, 0.25) is 10.0 Å². The second-order valence-corrected chi connectivity index (χ2v) is 8.13. The van der Waals surface area contributed by atoms with E-state index in [9.17, 15) is 8.42 Å². The predicted molar refractivity (Wildman–Crippen MR) is 95.3 cm³/mol. The van der Waals surface area contributed by atoms with Gasteiger partial charge >= 0.3 is 0 Å². The molecule has 25 heavy (non-hydrogen) atoms. The van der Waals surface area contributed by atoms with Gasteiger partial charge in [-0.15, -0.1) is 0 Å². The lowest BCUT2D eigenvalue weighted by Gasteiger charge is -2.25. The molecule has 0 amide bonds. The molecule has 2 unspecified atom stereocenters. The Bertz CT molecular complexity index is 680. The van der Waals surface area contributed by atoms with Gasteiger partial charge in [0.15, 0.2) is 11.5 Å². The summed E-state index contributed by atoms with van der Waals surface area (Å²) < 4.78 is 39.1. The van der Waals surface area contributed by atoms with Crippen LogP contribution in [-0.4, -0.2) is 78.7 Å². The summed E-state index contributed by atoms with van der Waals surface area (Å²) in [5.74, 6) is 1.07. The van der Waals surface area contributed by atoms with Gasteiger partial charge in [-0.2, -0.15) is 5.06 Å². The Kier molecular flexibility index (Phi) is 6.64. The fourth-order valence-corrected chi connectivity index (χ4v) is 4.40. The number of ether oxygens (including phenoxy) is 2. The van der Waals surface area contributed by atoms with Crippen LogP contribution < -0.4 is 14.2 Å². The first-order chi connectivity index (χ1) is 11.8. The van der Waals surface area contributed by atoms with E-state index in [-0.39, 0.29) is 6.61 Å². The SMILES string of the molecule is COc1cccc(C2C(S(=O)(=O)NCCN(C)C)CON2C)c1OC. The Labute approximate surface area is 149 Å². The highest BCUT2D eigenvalue weighted by atomic mass is 32.2. The van der Waals surface area contributed by atoms with E-state index >= 15 is 0 Å². The maximum atomic E-state index is 12.8. The van der Waals surface area contributed by atoms with Crippen molar-refractivity contribution in [3.8, 4) is 11.5 Å². The van der Waals surface area contributed by atoms with Crippen molar-refractivity contribution in [1.29, 1.82) is 0 Å². The van der Waals surface area contributed by atoms with Crippen molar-refractivity contribution >= 4 is 10.0 Å². The molecule has 1 aliphatic rings. The molecule has 0 bridgehead atoms. The van der Waals surface area contributed by atoms with Crippen molar-refractivity contribution in [2.24, 2.45) is 0 Å². The highest BCUT2D eigenvalue weighted by molar-refractivity contribution is 7.90. The van der Waals surface area contributed by atoms with E-state index in [0.29, 0.717) is 30.2 Å². The van der Waals surface area contributed by atoms with Crippen LogP contribution in [0.15, 0.2) is 18.2 Å². The Morgan fingerprint density at radius 1 is 1.32 bits per heavy atom. The molecule has 9 heteroatoms. The molecule has 1 N–H and O–H groups in total. The van der Waals surface area contributed by atoms with Gasteiger partial charge in [0.25, 0.3) is 0 Å². The van der Waals surface area contributed by atoms with Crippen LogP contribution in [0, 0.1) is 0 Å². The van der Waals surface area contributed by atoms with E-state index < -0.39 is 21.3 Å². The minimum atomic E-state index is -3.57. The molecular weight excluding hydrogens is 346 g/mol. The van der Waals surface area contributed by atoms with Crippen LogP contribution >= 0.6 is 0 Å². The smallest absolute Gasteiger partial charge is 0.218 e. The molecule has 0 radical (unpaired) electrons. The number of para-hydroxylation sites is 1. The van der Waals surface area contributed by atoms with Crippen LogP contribution in [-0.2, 0) is 14.9 Å². The van der Waals surface area contributed by atoms with Crippen LogP contribution in [0.2, 0.25) is 0 Å². The maximum Gasteiger partial charge on any atom is 0.218 e. The molecular formula is C16H27N3O5S. The number of hydroxylamine groups is 2. The van der Waals surface area contributed by atoms with Gasteiger partial charge in [0.05, 0.1) is 26.9 Å². The van der Waals surface area contributed by atoms with Crippen molar-refractivity contribution in [3.63, 3.8) is 0 Å². The molecule has 142 valence electrons. The zero-order valence-corrected chi connectivity index (χ0v) is 16.2. The molecule has 0 saturated carbocycles. The quantitative estimate of drug-likeness (QED) is 0.709. The van der Waals surface area contributed by atoms with Gasteiger partial charge < -0.3 is 14.4 Å². The third-order valence-corrected chi connectivity index (χ3v) is 6.00. The number of nitrogens with one attached hydrogen (secondary N) is 1. The molecule has 0 aliphatic carbocycles. The molecule has 2 atom stereocenters. The average molecular weight is 373 g/mol. The van der Waals surface area contributed by atoms with Gasteiger partial charge in [-0.1, -0.05) is 12.1 Å². The van der Waals surface area contributed by atoms with Crippen molar-refractivity contribution in [2.45, 2.75) is 11.3 Å². The number of sulfonamides is 1. The second kappa shape index (κ2) is 8.33. The highest BCUT2D eigenvalue weighted by Crippen LogP contribution is 2.41. The third-order valence-electron chi connectivity index (χ3n) is 4.20. The largest absolute Gasteiger partial charge is 0.493 e. The summed E-state index contributed by atoms with van der Waals surface area (Å²) in [6, 6.07) is 4.92. The van der Waals surface area contributed by atoms with Gasteiger partial charge in [0.1, 0.15) is 5.25 Å². The van der Waals surface area contributed by atoms with Gasteiger partial charge in [0, 0.05) is 25.7 Å². The topological polar surface area (TPSA) is 80.3 Å². The molecule has 2 rings (SSSR count). The Balaban J connectivity index is 2.32. The van der Waals surface area contributed by atoms with Crippen LogP contribution in [0.25, 0.3) is 0 Å². The lowest BCUT2D eigenvalue weighted by Crippen LogP contribution is -2.41. The Morgan fingerprint density at radius 3 is 2.64 bits per heavy atom. The van der Waals surface area contributed by atoms with Gasteiger partial charge in [-0.25, -0.2) is 13.1 Å². The van der Waals surface area contributed by atoms with Crippen LogP contribution in [0.3, 0.4) is 0 Å². The average Bonchev–Trinajstić information content (AvgIpc) is 2.95. The first-order valence-corrected chi connectivity index (χ1v) is 9.56. The van der Waals surface area contributed by atoms with Crippen molar-refractivity contribution < 1.29 is 22.7 Å².